The Balaban J connectivity index is 2.81. The Morgan fingerprint density at radius 3 is 2.56 bits per heavy atom. The molecule has 0 bridgehead atoms. The van der Waals surface area contributed by atoms with Crippen LogP contribution < -0.4 is 5.30 Å². The third-order valence-electron chi connectivity index (χ3n) is 1.85. The van der Waals surface area contributed by atoms with E-state index in [1.54, 1.807) is 31.2 Å². The van der Waals surface area contributed by atoms with Crippen LogP contribution in [-0.4, -0.2) is 13.2 Å². The van der Waals surface area contributed by atoms with Gasteiger partial charge in [-0.2, -0.15) is 5.26 Å². The summed E-state index contributed by atoms with van der Waals surface area (Å²) >= 11 is 0. The second-order valence-corrected chi connectivity index (χ2v) is 5.02. The van der Waals surface area contributed by atoms with Gasteiger partial charge in [0.25, 0.3) is 0 Å². The third kappa shape index (κ3) is 3.46. The molecule has 0 aliphatic heterocycles. The lowest BCUT2D eigenvalue weighted by atomic mass is 10.4. The van der Waals surface area contributed by atoms with E-state index >= 15 is 0 Å². The number of benzene rings is 1. The molecule has 0 N–H and O–H groups in total. The highest BCUT2D eigenvalue weighted by atomic mass is 31.2. The first-order chi connectivity index (χ1) is 7.73. The van der Waals surface area contributed by atoms with E-state index in [1.807, 2.05) is 12.1 Å². The predicted molar refractivity (Wildman–Crippen MR) is 61.5 cm³/mol. The summed E-state index contributed by atoms with van der Waals surface area (Å²) in [7, 11) is -3.25. The van der Waals surface area contributed by atoms with Gasteiger partial charge in [0.05, 0.1) is 31.0 Å². The molecule has 0 saturated carbocycles. The fraction of sp³-hybridized carbons (Fsp3) is 0.364. The second kappa shape index (κ2) is 6.44. The molecule has 86 valence electrons. The second-order valence-electron chi connectivity index (χ2n) is 2.99. The average molecular weight is 239 g/mol. The van der Waals surface area contributed by atoms with Crippen LogP contribution in [0.15, 0.2) is 30.3 Å². The summed E-state index contributed by atoms with van der Waals surface area (Å²) in [6.07, 6.45) is 0.198. The summed E-state index contributed by atoms with van der Waals surface area (Å²) in [5.41, 5.74) is 0. The number of rotatable bonds is 6. The largest absolute Gasteiger partial charge is 0.361 e. The summed E-state index contributed by atoms with van der Waals surface area (Å²) in [6.45, 7) is 2.17. The molecule has 0 spiro atoms. The topological polar surface area (TPSA) is 59.3 Å². The zero-order chi connectivity index (χ0) is 11.9. The lowest BCUT2D eigenvalue weighted by Crippen LogP contribution is -2.10. The van der Waals surface area contributed by atoms with E-state index in [2.05, 4.69) is 0 Å². The molecule has 1 aromatic rings. The van der Waals surface area contributed by atoms with Crippen LogP contribution in [0.4, 0.5) is 0 Å². The van der Waals surface area contributed by atoms with Crippen LogP contribution in [0, 0.1) is 11.3 Å². The van der Waals surface area contributed by atoms with Crippen molar-refractivity contribution in [2.45, 2.75) is 13.3 Å². The van der Waals surface area contributed by atoms with Crippen molar-refractivity contribution in [3.63, 3.8) is 0 Å². The number of hydrogen-bond acceptors (Lipinski definition) is 4. The van der Waals surface area contributed by atoms with Gasteiger partial charge in [-0.15, -0.1) is 0 Å². The van der Waals surface area contributed by atoms with Crippen molar-refractivity contribution in [2.75, 3.05) is 13.2 Å². The fourth-order valence-corrected chi connectivity index (χ4v) is 2.76. The molecule has 1 rings (SSSR count). The van der Waals surface area contributed by atoms with E-state index in [9.17, 15) is 4.57 Å². The van der Waals surface area contributed by atoms with E-state index in [1.165, 1.54) is 0 Å². The minimum atomic E-state index is -3.25. The smallest absolute Gasteiger partial charge is 0.305 e. The quantitative estimate of drug-likeness (QED) is 0.565. The summed E-state index contributed by atoms with van der Waals surface area (Å²) in [5, 5.41) is 8.93. The zero-order valence-corrected chi connectivity index (χ0v) is 10.0. The highest BCUT2D eigenvalue weighted by molar-refractivity contribution is 7.62. The Kier molecular flexibility index (Phi) is 5.21. The predicted octanol–water partition coefficient (Wildman–Crippen LogP) is 2.47. The van der Waals surface area contributed by atoms with Gasteiger partial charge in [-0.3, -0.25) is 4.57 Å². The molecule has 5 heteroatoms. The van der Waals surface area contributed by atoms with E-state index < -0.39 is 7.60 Å². The Morgan fingerprint density at radius 2 is 2.00 bits per heavy atom. The van der Waals surface area contributed by atoms with E-state index in [-0.39, 0.29) is 13.0 Å². The van der Waals surface area contributed by atoms with Gasteiger partial charge in [0.1, 0.15) is 0 Å². The monoisotopic (exact) mass is 239 g/mol. The first-order valence-corrected chi connectivity index (χ1v) is 6.59. The van der Waals surface area contributed by atoms with Crippen molar-refractivity contribution >= 4 is 12.9 Å². The molecule has 1 aromatic carbocycles. The van der Waals surface area contributed by atoms with E-state index in [0.717, 1.165) is 0 Å². The maximum absolute atomic E-state index is 12.3. The molecule has 0 amide bonds. The highest BCUT2D eigenvalue weighted by Crippen LogP contribution is 2.46. The molecule has 1 atom stereocenters. The lowest BCUT2D eigenvalue weighted by Gasteiger charge is -2.17. The van der Waals surface area contributed by atoms with Gasteiger partial charge < -0.3 is 9.05 Å². The summed E-state index contributed by atoms with van der Waals surface area (Å²) in [4.78, 5) is 0. The molecule has 16 heavy (non-hydrogen) atoms. The van der Waals surface area contributed by atoms with Gasteiger partial charge >= 0.3 is 7.60 Å². The van der Waals surface area contributed by atoms with E-state index in [0.29, 0.717) is 11.9 Å². The van der Waals surface area contributed by atoms with Crippen LogP contribution in [-0.2, 0) is 13.6 Å². The lowest BCUT2D eigenvalue weighted by molar-refractivity contribution is 0.225. The van der Waals surface area contributed by atoms with Crippen molar-refractivity contribution in [3.05, 3.63) is 30.3 Å². The first-order valence-electron chi connectivity index (χ1n) is 5.04. The van der Waals surface area contributed by atoms with Crippen LogP contribution in [0.5, 0.6) is 0 Å². The van der Waals surface area contributed by atoms with Crippen molar-refractivity contribution in [1.29, 1.82) is 5.26 Å². The number of nitrogens with zero attached hydrogens (tertiary/aromatic N) is 1. The molecule has 1 unspecified atom stereocenters. The highest BCUT2D eigenvalue weighted by Gasteiger charge is 2.26. The number of hydrogen-bond donors (Lipinski definition) is 0. The van der Waals surface area contributed by atoms with Crippen molar-refractivity contribution < 1.29 is 13.6 Å². The van der Waals surface area contributed by atoms with E-state index in [4.69, 9.17) is 14.3 Å². The zero-order valence-electron chi connectivity index (χ0n) is 9.13. The summed E-state index contributed by atoms with van der Waals surface area (Å²) in [5.74, 6) is 0. The van der Waals surface area contributed by atoms with Gasteiger partial charge in [-0.25, -0.2) is 0 Å². The van der Waals surface area contributed by atoms with Crippen LogP contribution in [0.1, 0.15) is 13.3 Å². The van der Waals surface area contributed by atoms with Crippen LogP contribution in [0.3, 0.4) is 0 Å². The Hall–Kier alpha value is -1.14. The van der Waals surface area contributed by atoms with Crippen LogP contribution in [0.2, 0.25) is 0 Å². The van der Waals surface area contributed by atoms with Gasteiger partial charge in [0.2, 0.25) is 0 Å². The number of nitriles is 1. The van der Waals surface area contributed by atoms with Crippen LogP contribution >= 0.6 is 7.60 Å². The molecule has 0 aromatic heterocycles. The Labute approximate surface area is 95.3 Å². The molecule has 0 aliphatic rings. The molecular weight excluding hydrogens is 225 g/mol. The molecule has 0 fully saturated rings. The molecule has 0 saturated heterocycles. The minimum absolute atomic E-state index is 0.114. The van der Waals surface area contributed by atoms with Gasteiger partial charge in [0, 0.05) is 0 Å². The first kappa shape index (κ1) is 12.9. The van der Waals surface area contributed by atoms with Gasteiger partial charge in [0.15, 0.2) is 0 Å². The van der Waals surface area contributed by atoms with Gasteiger partial charge in [-0.1, -0.05) is 18.2 Å². The summed E-state index contributed by atoms with van der Waals surface area (Å²) in [6, 6.07) is 10.7. The molecule has 4 nitrogen and oxygen atoms in total. The Morgan fingerprint density at radius 1 is 1.31 bits per heavy atom. The van der Waals surface area contributed by atoms with Crippen molar-refractivity contribution in [3.8, 4) is 6.07 Å². The average Bonchev–Trinajstić information content (AvgIpc) is 2.31. The van der Waals surface area contributed by atoms with Crippen molar-refractivity contribution in [2.24, 2.45) is 0 Å². The van der Waals surface area contributed by atoms with Gasteiger partial charge in [-0.05, 0) is 19.1 Å². The minimum Gasteiger partial charge on any atom is -0.305 e. The molecule has 0 radical (unpaired) electrons. The maximum Gasteiger partial charge on any atom is 0.361 e. The maximum atomic E-state index is 12.3. The third-order valence-corrected chi connectivity index (χ3v) is 3.90. The Bertz CT molecular complexity index is 399. The fourth-order valence-electron chi connectivity index (χ4n) is 1.18. The van der Waals surface area contributed by atoms with Crippen molar-refractivity contribution in [1.82, 2.24) is 0 Å². The molecule has 0 heterocycles. The summed E-state index contributed by atoms with van der Waals surface area (Å²) < 4.78 is 22.7. The SMILES string of the molecule is CCOP(=O)(OCCC#N)c1ccccc1. The standard InChI is InChI=1S/C11H14NO3P/c1-2-14-16(13,15-10-6-9-12)11-7-4-3-5-8-11/h3-5,7-8H,2,6,10H2,1H3. The molecule has 0 aliphatic carbocycles. The van der Waals surface area contributed by atoms with Crippen LogP contribution in [0.25, 0.3) is 0 Å². The normalized spacial score (nSPS) is 14.0. The molecular formula is C11H14NO3P.